The Bertz CT molecular complexity index is 813. The van der Waals surface area contributed by atoms with Crippen LogP contribution < -0.4 is 10.6 Å². The molecule has 1 aliphatic rings. The number of nitrogens with one attached hydrogen (secondary N) is 2. The minimum atomic E-state index is -0.439. The first-order valence-electron chi connectivity index (χ1n) is 8.84. The van der Waals surface area contributed by atoms with Crippen molar-refractivity contribution in [1.82, 2.24) is 15.5 Å². The second kappa shape index (κ2) is 8.86. The third kappa shape index (κ3) is 5.20. The van der Waals surface area contributed by atoms with Crippen molar-refractivity contribution in [2.24, 2.45) is 0 Å². The minimum Gasteiger partial charge on any atom is -0.334 e. The van der Waals surface area contributed by atoms with Crippen LogP contribution in [-0.4, -0.2) is 29.9 Å². The molecule has 3 amide bonds. The summed E-state index contributed by atoms with van der Waals surface area (Å²) in [4.78, 5) is 26.2. The lowest BCUT2D eigenvalue weighted by Crippen LogP contribution is -2.43. The molecule has 1 aliphatic heterocycles. The summed E-state index contributed by atoms with van der Waals surface area (Å²) in [5.74, 6) is -0.455. The highest BCUT2D eigenvalue weighted by Crippen LogP contribution is 2.32. The summed E-state index contributed by atoms with van der Waals surface area (Å²) in [6.07, 6.45) is 1.79. The molecule has 2 N–H and O–H groups in total. The van der Waals surface area contributed by atoms with Crippen LogP contribution in [0, 0.1) is 5.82 Å². The van der Waals surface area contributed by atoms with Gasteiger partial charge in [0.25, 0.3) is 0 Å². The number of benzene rings is 2. The van der Waals surface area contributed by atoms with E-state index in [4.69, 9.17) is 11.6 Å². The van der Waals surface area contributed by atoms with Gasteiger partial charge < -0.3 is 15.5 Å². The molecule has 1 unspecified atom stereocenters. The van der Waals surface area contributed by atoms with Crippen molar-refractivity contribution >= 4 is 23.5 Å². The van der Waals surface area contributed by atoms with E-state index in [0.29, 0.717) is 11.6 Å². The van der Waals surface area contributed by atoms with Gasteiger partial charge in [0.05, 0.1) is 12.6 Å². The molecular formula is C20H21ClFN3O2. The van der Waals surface area contributed by atoms with Crippen LogP contribution in [0.25, 0.3) is 0 Å². The Kier molecular flexibility index (Phi) is 6.29. The number of likely N-dealkylation sites (tertiary alicyclic amines) is 1. The van der Waals surface area contributed by atoms with E-state index in [1.54, 1.807) is 23.1 Å². The van der Waals surface area contributed by atoms with Crippen molar-refractivity contribution in [2.75, 3.05) is 13.1 Å². The van der Waals surface area contributed by atoms with Crippen molar-refractivity contribution < 1.29 is 14.0 Å². The fourth-order valence-corrected chi connectivity index (χ4v) is 3.43. The van der Waals surface area contributed by atoms with Crippen LogP contribution in [-0.2, 0) is 11.3 Å². The second-order valence-electron chi connectivity index (χ2n) is 6.46. The molecule has 3 rings (SSSR count). The molecule has 1 fully saturated rings. The van der Waals surface area contributed by atoms with Crippen LogP contribution in [0.1, 0.15) is 30.0 Å². The number of carbonyl (C=O) groups is 2. The van der Waals surface area contributed by atoms with Gasteiger partial charge in [0, 0.05) is 18.1 Å². The van der Waals surface area contributed by atoms with Gasteiger partial charge in [0.1, 0.15) is 5.82 Å². The van der Waals surface area contributed by atoms with E-state index in [2.05, 4.69) is 10.6 Å². The molecule has 1 heterocycles. The molecule has 0 saturated carbocycles. The Hall–Kier alpha value is -2.60. The number of halogens is 2. The summed E-state index contributed by atoms with van der Waals surface area (Å²) < 4.78 is 12.9. The largest absolute Gasteiger partial charge is 0.334 e. The fourth-order valence-electron chi connectivity index (χ4n) is 3.23. The first-order valence-corrected chi connectivity index (χ1v) is 9.22. The molecular weight excluding hydrogens is 369 g/mol. The molecule has 5 nitrogen and oxygen atoms in total. The summed E-state index contributed by atoms with van der Waals surface area (Å²) in [6, 6.07) is 12.9. The Labute approximate surface area is 162 Å². The number of hydrogen-bond acceptors (Lipinski definition) is 2. The van der Waals surface area contributed by atoms with Crippen molar-refractivity contribution in [2.45, 2.75) is 25.4 Å². The van der Waals surface area contributed by atoms with Gasteiger partial charge in [-0.25, -0.2) is 9.18 Å². The summed E-state index contributed by atoms with van der Waals surface area (Å²) in [6.45, 7) is 0.844. The van der Waals surface area contributed by atoms with Crippen molar-refractivity contribution in [1.29, 1.82) is 0 Å². The average Bonchev–Trinajstić information content (AvgIpc) is 3.15. The predicted octanol–water partition coefficient (Wildman–Crippen LogP) is 3.64. The standard InChI is InChI=1S/C20H21ClFN3O2/c21-16-4-1-3-15(11-16)18-5-2-10-25(18)19(26)13-24-20(27)23-12-14-6-8-17(22)9-7-14/h1,3-4,6-9,11,18H,2,5,10,12-13H2,(H2,23,24,27). The van der Waals surface area contributed by atoms with Crippen LogP contribution in [0.15, 0.2) is 48.5 Å². The molecule has 7 heteroatoms. The molecule has 1 atom stereocenters. The van der Waals surface area contributed by atoms with Crippen molar-refractivity contribution in [3.05, 3.63) is 70.5 Å². The average molecular weight is 390 g/mol. The predicted molar refractivity (Wildman–Crippen MR) is 102 cm³/mol. The summed E-state index contributed by atoms with van der Waals surface area (Å²) >= 11 is 6.06. The zero-order valence-corrected chi connectivity index (χ0v) is 15.5. The van der Waals surface area contributed by atoms with E-state index in [1.807, 2.05) is 18.2 Å². The number of carbonyl (C=O) groups excluding carboxylic acids is 2. The van der Waals surface area contributed by atoms with Gasteiger partial charge in [0.2, 0.25) is 5.91 Å². The van der Waals surface area contributed by atoms with Gasteiger partial charge in [-0.3, -0.25) is 4.79 Å². The number of rotatable bonds is 5. The lowest BCUT2D eigenvalue weighted by Gasteiger charge is -2.25. The summed E-state index contributed by atoms with van der Waals surface area (Å²) in [5, 5.41) is 5.88. The van der Waals surface area contributed by atoms with E-state index in [-0.39, 0.29) is 30.9 Å². The fraction of sp³-hybridized carbons (Fsp3) is 0.300. The maximum Gasteiger partial charge on any atom is 0.315 e. The molecule has 2 aromatic carbocycles. The highest BCUT2D eigenvalue weighted by Gasteiger charge is 2.29. The topological polar surface area (TPSA) is 61.4 Å². The Balaban J connectivity index is 1.49. The minimum absolute atomic E-state index is 0.0136. The number of amides is 3. The van der Waals surface area contributed by atoms with Gasteiger partial charge in [0.15, 0.2) is 0 Å². The second-order valence-corrected chi connectivity index (χ2v) is 6.90. The number of hydrogen-bond donors (Lipinski definition) is 2. The van der Waals surface area contributed by atoms with Gasteiger partial charge in [-0.05, 0) is 48.2 Å². The smallest absolute Gasteiger partial charge is 0.315 e. The zero-order chi connectivity index (χ0) is 19.2. The SMILES string of the molecule is O=C(NCC(=O)N1CCCC1c1cccc(Cl)c1)NCc1ccc(F)cc1. The van der Waals surface area contributed by atoms with Crippen LogP contribution in [0.2, 0.25) is 5.02 Å². The number of nitrogens with zero attached hydrogens (tertiary/aromatic N) is 1. The summed E-state index contributed by atoms with van der Waals surface area (Å²) in [5.41, 5.74) is 1.78. The van der Waals surface area contributed by atoms with E-state index in [9.17, 15) is 14.0 Å². The molecule has 1 saturated heterocycles. The normalized spacial score (nSPS) is 16.2. The van der Waals surface area contributed by atoms with Gasteiger partial charge in [-0.2, -0.15) is 0 Å². The maximum absolute atomic E-state index is 12.9. The Morgan fingerprint density at radius 3 is 2.67 bits per heavy atom. The molecule has 0 bridgehead atoms. The molecule has 142 valence electrons. The number of urea groups is 1. The highest BCUT2D eigenvalue weighted by atomic mass is 35.5. The van der Waals surface area contributed by atoms with Gasteiger partial charge in [-0.1, -0.05) is 35.9 Å². The lowest BCUT2D eigenvalue weighted by molar-refractivity contribution is -0.131. The lowest BCUT2D eigenvalue weighted by atomic mass is 10.0. The highest BCUT2D eigenvalue weighted by molar-refractivity contribution is 6.30. The monoisotopic (exact) mass is 389 g/mol. The van der Waals surface area contributed by atoms with Crippen LogP contribution in [0.4, 0.5) is 9.18 Å². The van der Waals surface area contributed by atoms with Crippen LogP contribution in [0.5, 0.6) is 0 Å². The third-order valence-corrected chi connectivity index (χ3v) is 4.81. The quantitative estimate of drug-likeness (QED) is 0.820. The molecule has 0 aromatic heterocycles. The first-order chi connectivity index (χ1) is 13.0. The van der Waals surface area contributed by atoms with E-state index in [1.165, 1.54) is 12.1 Å². The molecule has 2 aromatic rings. The molecule has 0 aliphatic carbocycles. The summed E-state index contributed by atoms with van der Waals surface area (Å²) in [7, 11) is 0. The van der Waals surface area contributed by atoms with E-state index in [0.717, 1.165) is 24.0 Å². The van der Waals surface area contributed by atoms with Crippen molar-refractivity contribution in [3.63, 3.8) is 0 Å². The van der Waals surface area contributed by atoms with E-state index < -0.39 is 6.03 Å². The zero-order valence-electron chi connectivity index (χ0n) is 14.8. The van der Waals surface area contributed by atoms with E-state index >= 15 is 0 Å². The van der Waals surface area contributed by atoms with Crippen molar-refractivity contribution in [3.8, 4) is 0 Å². The maximum atomic E-state index is 12.9. The third-order valence-electron chi connectivity index (χ3n) is 4.57. The van der Waals surface area contributed by atoms with Gasteiger partial charge in [-0.15, -0.1) is 0 Å². The molecule has 0 radical (unpaired) electrons. The van der Waals surface area contributed by atoms with Gasteiger partial charge >= 0.3 is 6.03 Å². The van der Waals surface area contributed by atoms with Crippen LogP contribution >= 0.6 is 11.6 Å². The van der Waals surface area contributed by atoms with Crippen LogP contribution in [0.3, 0.4) is 0 Å². The molecule has 0 spiro atoms. The Morgan fingerprint density at radius 1 is 1.15 bits per heavy atom. The first kappa shape index (κ1) is 19.2. The Morgan fingerprint density at radius 2 is 1.93 bits per heavy atom. The molecule has 27 heavy (non-hydrogen) atoms.